The third kappa shape index (κ3) is 5.21. The molecule has 0 aliphatic carbocycles. The Morgan fingerprint density at radius 2 is 1.91 bits per heavy atom. The minimum absolute atomic E-state index is 0.0302. The van der Waals surface area contributed by atoms with Crippen LogP contribution in [0.3, 0.4) is 0 Å². The quantitative estimate of drug-likeness (QED) is 0.148. The number of rotatable bonds is 9. The van der Waals surface area contributed by atoms with Crippen LogP contribution in [0.25, 0.3) is 16.6 Å². The van der Waals surface area contributed by atoms with Crippen LogP contribution in [0.4, 0.5) is 11.4 Å². The van der Waals surface area contributed by atoms with Crippen LogP contribution in [0.15, 0.2) is 83.7 Å². The van der Waals surface area contributed by atoms with Crippen molar-refractivity contribution in [3.05, 3.63) is 110 Å². The highest BCUT2D eigenvalue weighted by atomic mass is 16.6. The Hall–Kier alpha value is -5.07. The molecule has 3 aromatic carbocycles. The zero-order valence-corrected chi connectivity index (χ0v) is 24.6. The van der Waals surface area contributed by atoms with E-state index in [1.54, 1.807) is 60.4 Å². The molecule has 3 N–H and O–H groups in total. The van der Waals surface area contributed by atoms with E-state index < -0.39 is 22.3 Å². The van der Waals surface area contributed by atoms with E-state index in [-0.39, 0.29) is 48.3 Å². The fourth-order valence-corrected chi connectivity index (χ4v) is 6.36. The van der Waals surface area contributed by atoms with Gasteiger partial charge in [0, 0.05) is 36.6 Å². The number of amides is 2. The molecule has 45 heavy (non-hydrogen) atoms. The van der Waals surface area contributed by atoms with Crippen LogP contribution in [-0.2, 0) is 21.7 Å². The van der Waals surface area contributed by atoms with Gasteiger partial charge >= 0.3 is 0 Å². The molecule has 0 saturated carbocycles. The summed E-state index contributed by atoms with van der Waals surface area (Å²) >= 11 is 0. The molecule has 232 valence electrons. The summed E-state index contributed by atoms with van der Waals surface area (Å²) in [6, 6.07) is 18.0. The Morgan fingerprint density at radius 1 is 1.16 bits per heavy atom. The number of aromatic amines is 1. The number of aliphatic hydroxyl groups is 2. The summed E-state index contributed by atoms with van der Waals surface area (Å²) < 4.78 is 1.44. The van der Waals surface area contributed by atoms with Gasteiger partial charge in [0.05, 0.1) is 46.4 Å². The number of likely N-dealkylation sites (tertiary alicyclic amines) is 1. The molecule has 12 nitrogen and oxygen atoms in total. The molecule has 0 bridgehead atoms. The Morgan fingerprint density at radius 3 is 2.62 bits per heavy atom. The molecule has 0 spiro atoms. The van der Waals surface area contributed by atoms with E-state index in [4.69, 9.17) is 0 Å². The van der Waals surface area contributed by atoms with Gasteiger partial charge in [0.1, 0.15) is 0 Å². The number of para-hydroxylation sites is 1. The SMILES string of the molecule is C[C@H](/C=C/CC(=O)N1CCC[C@H]1CO)[C@@]1(O)C(=O)N(Cc2ccc(-n3[nH]c4ccccc4c3=O)cc2)c2ccc([N+](=O)[O-])cc21. The standard InChI is InChI=1S/C33H33N5O7/c1-21(6-4-10-30(40)35-17-5-7-25(35)20-39)33(43)27-18-24(38(44)45)15-16-29(27)36(32(33)42)19-22-11-13-23(14-12-22)37-31(41)26-8-2-3-9-28(26)34-37/h2-4,6,8-9,11-16,18,21,25,34,39,43H,5,7,10,17,19-20H2,1H3/b6-4+/t21-,25+,33+/m1/s1. The number of fused-ring (bicyclic) bond motifs is 2. The highest BCUT2D eigenvalue weighted by molar-refractivity contribution is 6.07. The summed E-state index contributed by atoms with van der Waals surface area (Å²) in [5.74, 6) is -1.63. The smallest absolute Gasteiger partial charge is 0.279 e. The third-order valence-corrected chi connectivity index (χ3v) is 8.88. The zero-order chi connectivity index (χ0) is 31.9. The van der Waals surface area contributed by atoms with Crippen LogP contribution >= 0.6 is 0 Å². The van der Waals surface area contributed by atoms with Crippen molar-refractivity contribution in [3.63, 3.8) is 0 Å². The van der Waals surface area contributed by atoms with Crippen molar-refractivity contribution in [2.24, 2.45) is 5.92 Å². The molecule has 6 rings (SSSR count). The number of nitrogens with one attached hydrogen (secondary N) is 1. The van der Waals surface area contributed by atoms with Gasteiger partial charge in [0.15, 0.2) is 5.60 Å². The number of nitro groups is 1. The summed E-state index contributed by atoms with van der Waals surface area (Å²) in [4.78, 5) is 53.6. The minimum atomic E-state index is -2.11. The number of anilines is 1. The normalized spacial score (nSPS) is 20.3. The number of carbonyl (C=O) groups excluding carboxylic acids is 2. The van der Waals surface area contributed by atoms with Crippen molar-refractivity contribution >= 4 is 34.1 Å². The first kappa shape index (κ1) is 30.0. The summed E-state index contributed by atoms with van der Waals surface area (Å²) in [7, 11) is 0. The van der Waals surface area contributed by atoms with E-state index in [2.05, 4.69) is 5.10 Å². The van der Waals surface area contributed by atoms with Gasteiger partial charge in [-0.15, -0.1) is 0 Å². The maximum Gasteiger partial charge on any atom is 0.279 e. The van der Waals surface area contributed by atoms with Crippen LogP contribution in [0, 0.1) is 16.0 Å². The largest absolute Gasteiger partial charge is 0.394 e. The molecule has 2 aliphatic heterocycles. The molecule has 3 heterocycles. The second-order valence-corrected chi connectivity index (χ2v) is 11.6. The highest BCUT2D eigenvalue weighted by Gasteiger charge is 2.53. The van der Waals surface area contributed by atoms with Crippen molar-refractivity contribution in [3.8, 4) is 5.69 Å². The van der Waals surface area contributed by atoms with Gasteiger partial charge in [-0.25, -0.2) is 4.68 Å². The van der Waals surface area contributed by atoms with Gasteiger partial charge in [0.2, 0.25) is 5.91 Å². The summed E-state index contributed by atoms with van der Waals surface area (Å²) in [6.07, 6.45) is 4.77. The molecule has 2 amide bonds. The van der Waals surface area contributed by atoms with Crippen LogP contribution in [0.2, 0.25) is 0 Å². The van der Waals surface area contributed by atoms with Crippen molar-refractivity contribution in [2.45, 2.75) is 44.4 Å². The molecule has 2 aliphatic rings. The number of aliphatic hydroxyl groups excluding tert-OH is 1. The second kappa shape index (κ2) is 11.8. The molecular formula is C33H33N5O7. The topological polar surface area (TPSA) is 162 Å². The molecule has 1 aromatic heterocycles. The molecule has 0 radical (unpaired) electrons. The number of non-ortho nitro benzene ring substituents is 1. The number of nitro benzene ring substituents is 1. The van der Waals surface area contributed by atoms with E-state index in [9.17, 15) is 34.7 Å². The van der Waals surface area contributed by atoms with Crippen molar-refractivity contribution in [1.29, 1.82) is 0 Å². The lowest BCUT2D eigenvalue weighted by Gasteiger charge is -2.28. The number of H-pyrrole nitrogens is 1. The van der Waals surface area contributed by atoms with E-state index in [1.165, 1.54) is 27.8 Å². The zero-order valence-electron chi connectivity index (χ0n) is 24.6. The van der Waals surface area contributed by atoms with E-state index in [1.807, 2.05) is 12.1 Å². The first-order valence-electron chi connectivity index (χ1n) is 14.8. The summed E-state index contributed by atoms with van der Waals surface area (Å²) in [5, 5.41) is 36.8. The summed E-state index contributed by atoms with van der Waals surface area (Å²) in [5.41, 5.74) is -0.0710. The van der Waals surface area contributed by atoms with Crippen LogP contribution in [0.5, 0.6) is 0 Å². The van der Waals surface area contributed by atoms with E-state index >= 15 is 0 Å². The monoisotopic (exact) mass is 611 g/mol. The molecule has 0 unspecified atom stereocenters. The van der Waals surface area contributed by atoms with Gasteiger partial charge in [-0.1, -0.05) is 43.3 Å². The fraction of sp³-hybridized carbons (Fsp3) is 0.303. The lowest BCUT2D eigenvalue weighted by Crippen LogP contribution is -2.44. The highest BCUT2D eigenvalue weighted by Crippen LogP contribution is 2.47. The van der Waals surface area contributed by atoms with Gasteiger partial charge < -0.3 is 20.0 Å². The van der Waals surface area contributed by atoms with Gasteiger partial charge in [-0.05, 0) is 48.7 Å². The number of hydrogen-bond acceptors (Lipinski definition) is 7. The predicted molar refractivity (Wildman–Crippen MR) is 167 cm³/mol. The van der Waals surface area contributed by atoms with Gasteiger partial charge in [0.25, 0.3) is 17.2 Å². The second-order valence-electron chi connectivity index (χ2n) is 11.6. The maximum absolute atomic E-state index is 14.0. The first-order valence-corrected chi connectivity index (χ1v) is 14.8. The molecule has 12 heteroatoms. The molecule has 4 aromatic rings. The van der Waals surface area contributed by atoms with Crippen LogP contribution < -0.4 is 10.5 Å². The summed E-state index contributed by atoms with van der Waals surface area (Å²) in [6.45, 7) is 2.17. The van der Waals surface area contributed by atoms with E-state index in [0.717, 1.165) is 12.8 Å². The Balaban J connectivity index is 1.25. The minimum Gasteiger partial charge on any atom is -0.394 e. The average Bonchev–Trinajstić information content (AvgIpc) is 3.72. The molecule has 1 saturated heterocycles. The van der Waals surface area contributed by atoms with Gasteiger partial charge in [-0.3, -0.25) is 29.6 Å². The number of benzene rings is 3. The Labute approximate surface area is 257 Å². The number of aromatic nitrogens is 2. The average molecular weight is 612 g/mol. The van der Waals surface area contributed by atoms with Crippen LogP contribution in [-0.4, -0.2) is 60.8 Å². The first-order chi connectivity index (χ1) is 21.6. The Bertz CT molecular complexity index is 1880. The number of hydrogen-bond donors (Lipinski definition) is 3. The van der Waals surface area contributed by atoms with Crippen LogP contribution in [0.1, 0.15) is 37.3 Å². The maximum atomic E-state index is 14.0. The third-order valence-electron chi connectivity index (χ3n) is 8.88. The molecule has 3 atom stereocenters. The fourth-order valence-electron chi connectivity index (χ4n) is 6.36. The van der Waals surface area contributed by atoms with Crippen molar-refractivity contribution in [2.75, 3.05) is 18.1 Å². The Kier molecular flexibility index (Phi) is 7.85. The lowest BCUT2D eigenvalue weighted by molar-refractivity contribution is -0.385. The van der Waals surface area contributed by atoms with Crippen molar-refractivity contribution in [1.82, 2.24) is 14.7 Å². The lowest BCUT2D eigenvalue weighted by atomic mass is 9.82. The molecular weight excluding hydrogens is 578 g/mol. The van der Waals surface area contributed by atoms with Crippen molar-refractivity contribution < 1.29 is 24.7 Å². The van der Waals surface area contributed by atoms with E-state index in [0.29, 0.717) is 34.4 Å². The molecule has 1 fully saturated rings. The number of nitrogens with zero attached hydrogens (tertiary/aromatic N) is 4. The number of carbonyl (C=O) groups is 2. The van der Waals surface area contributed by atoms with Gasteiger partial charge in [-0.2, -0.15) is 0 Å². The predicted octanol–water partition coefficient (Wildman–Crippen LogP) is 3.53.